The fourth-order valence-corrected chi connectivity index (χ4v) is 1.96. The average Bonchev–Trinajstić information content (AvgIpc) is 2.40. The number of ether oxygens (including phenoxy) is 1. The zero-order valence-corrected chi connectivity index (χ0v) is 13.0. The first-order valence-electron chi connectivity index (χ1n) is 6.75. The van der Waals surface area contributed by atoms with Crippen LogP contribution in [0, 0.1) is 6.92 Å². The van der Waals surface area contributed by atoms with E-state index < -0.39 is 0 Å². The van der Waals surface area contributed by atoms with Crippen molar-refractivity contribution in [2.45, 2.75) is 33.2 Å². The van der Waals surface area contributed by atoms with Crippen LogP contribution in [0.4, 0.5) is 0 Å². The topological polar surface area (TPSA) is 49.8 Å². The standard InChI is InChI=1S/C15H22ClNO3/c1-11(2)17(7-4-8-18)15(19)10-20-13-5-6-14(16)12(3)9-13/h5-6,9,11,18H,4,7-8,10H2,1-3H3. The van der Waals surface area contributed by atoms with Gasteiger partial charge in [0.25, 0.3) is 5.91 Å². The fraction of sp³-hybridized carbons (Fsp3) is 0.533. The van der Waals surface area contributed by atoms with E-state index in [1.54, 1.807) is 17.0 Å². The first-order chi connectivity index (χ1) is 9.45. The summed E-state index contributed by atoms with van der Waals surface area (Å²) in [6, 6.07) is 5.39. The average molecular weight is 300 g/mol. The summed E-state index contributed by atoms with van der Waals surface area (Å²) in [6.45, 7) is 6.39. The van der Waals surface area contributed by atoms with Crippen molar-refractivity contribution in [1.29, 1.82) is 0 Å². The molecule has 1 aromatic rings. The zero-order chi connectivity index (χ0) is 15.1. The maximum absolute atomic E-state index is 12.1. The molecule has 20 heavy (non-hydrogen) atoms. The Kier molecular flexibility index (Phi) is 6.82. The van der Waals surface area contributed by atoms with E-state index in [0.29, 0.717) is 23.7 Å². The smallest absolute Gasteiger partial charge is 0.260 e. The van der Waals surface area contributed by atoms with E-state index in [4.69, 9.17) is 21.4 Å². The molecule has 0 aliphatic rings. The second-order valence-electron chi connectivity index (χ2n) is 4.96. The van der Waals surface area contributed by atoms with Crippen LogP contribution in [-0.2, 0) is 4.79 Å². The fourth-order valence-electron chi connectivity index (χ4n) is 1.85. The molecule has 4 nitrogen and oxygen atoms in total. The Bertz CT molecular complexity index is 449. The molecule has 0 fully saturated rings. The summed E-state index contributed by atoms with van der Waals surface area (Å²) in [6.07, 6.45) is 0.573. The quantitative estimate of drug-likeness (QED) is 0.842. The highest BCUT2D eigenvalue weighted by atomic mass is 35.5. The summed E-state index contributed by atoms with van der Waals surface area (Å²) in [4.78, 5) is 13.8. The summed E-state index contributed by atoms with van der Waals surface area (Å²) in [5.74, 6) is 0.548. The van der Waals surface area contributed by atoms with Gasteiger partial charge < -0.3 is 14.7 Å². The van der Waals surface area contributed by atoms with Crippen molar-refractivity contribution in [3.05, 3.63) is 28.8 Å². The van der Waals surface area contributed by atoms with Gasteiger partial charge in [-0.1, -0.05) is 11.6 Å². The van der Waals surface area contributed by atoms with E-state index >= 15 is 0 Å². The molecule has 0 aliphatic carbocycles. The van der Waals surface area contributed by atoms with Crippen LogP contribution in [0.1, 0.15) is 25.8 Å². The molecule has 0 saturated carbocycles. The van der Waals surface area contributed by atoms with Gasteiger partial charge in [-0.15, -0.1) is 0 Å². The Hall–Kier alpha value is -1.26. The van der Waals surface area contributed by atoms with Gasteiger partial charge in [0.1, 0.15) is 5.75 Å². The number of hydrogen-bond acceptors (Lipinski definition) is 3. The molecule has 112 valence electrons. The minimum atomic E-state index is -0.0824. The highest BCUT2D eigenvalue weighted by Crippen LogP contribution is 2.21. The first-order valence-corrected chi connectivity index (χ1v) is 7.12. The van der Waals surface area contributed by atoms with E-state index in [0.717, 1.165) is 5.56 Å². The summed E-state index contributed by atoms with van der Waals surface area (Å²) in [5, 5.41) is 9.54. The van der Waals surface area contributed by atoms with E-state index in [1.807, 2.05) is 26.8 Å². The lowest BCUT2D eigenvalue weighted by atomic mass is 10.2. The first kappa shape index (κ1) is 16.8. The third-order valence-corrected chi connectivity index (χ3v) is 3.42. The Morgan fingerprint density at radius 2 is 2.15 bits per heavy atom. The van der Waals surface area contributed by atoms with Crippen LogP contribution in [0.25, 0.3) is 0 Å². The van der Waals surface area contributed by atoms with Crippen LogP contribution in [0.5, 0.6) is 5.75 Å². The van der Waals surface area contributed by atoms with E-state index in [-0.39, 0.29) is 25.2 Å². The van der Waals surface area contributed by atoms with Crippen LogP contribution in [0.15, 0.2) is 18.2 Å². The Morgan fingerprint density at radius 1 is 1.45 bits per heavy atom. The zero-order valence-electron chi connectivity index (χ0n) is 12.2. The molecule has 0 aliphatic heterocycles. The predicted octanol–water partition coefficient (Wildman–Crippen LogP) is 2.65. The second-order valence-corrected chi connectivity index (χ2v) is 5.36. The second kappa shape index (κ2) is 8.12. The molecule has 0 heterocycles. The lowest BCUT2D eigenvalue weighted by molar-refractivity contribution is -0.135. The van der Waals surface area contributed by atoms with Gasteiger partial charge in [0.15, 0.2) is 6.61 Å². The van der Waals surface area contributed by atoms with Crippen LogP contribution < -0.4 is 4.74 Å². The van der Waals surface area contributed by atoms with Crippen molar-refractivity contribution in [2.24, 2.45) is 0 Å². The van der Waals surface area contributed by atoms with Gasteiger partial charge in [-0.3, -0.25) is 4.79 Å². The molecular weight excluding hydrogens is 278 g/mol. The van der Waals surface area contributed by atoms with Crippen molar-refractivity contribution >= 4 is 17.5 Å². The summed E-state index contributed by atoms with van der Waals surface area (Å²) in [5.41, 5.74) is 0.914. The number of hydrogen-bond donors (Lipinski definition) is 1. The molecular formula is C15H22ClNO3. The minimum Gasteiger partial charge on any atom is -0.484 e. The molecule has 5 heteroatoms. The lowest BCUT2D eigenvalue weighted by Gasteiger charge is -2.26. The summed E-state index contributed by atoms with van der Waals surface area (Å²) >= 11 is 5.94. The van der Waals surface area contributed by atoms with Crippen molar-refractivity contribution in [2.75, 3.05) is 19.8 Å². The Labute approximate surface area is 125 Å². The van der Waals surface area contributed by atoms with Crippen molar-refractivity contribution in [3.63, 3.8) is 0 Å². The van der Waals surface area contributed by atoms with Gasteiger partial charge in [0.05, 0.1) is 0 Å². The number of aliphatic hydroxyl groups is 1. The molecule has 1 N–H and O–H groups in total. The molecule has 1 aromatic carbocycles. The number of amides is 1. The number of carbonyl (C=O) groups excluding carboxylic acids is 1. The predicted molar refractivity (Wildman–Crippen MR) is 80.2 cm³/mol. The van der Waals surface area contributed by atoms with E-state index in [2.05, 4.69) is 0 Å². The third kappa shape index (κ3) is 5.02. The van der Waals surface area contributed by atoms with Crippen LogP contribution >= 0.6 is 11.6 Å². The minimum absolute atomic E-state index is 0.00925. The number of aliphatic hydroxyl groups excluding tert-OH is 1. The van der Waals surface area contributed by atoms with Gasteiger partial charge >= 0.3 is 0 Å². The number of carbonyl (C=O) groups is 1. The monoisotopic (exact) mass is 299 g/mol. The van der Waals surface area contributed by atoms with Crippen molar-refractivity contribution in [3.8, 4) is 5.75 Å². The Morgan fingerprint density at radius 3 is 2.70 bits per heavy atom. The van der Waals surface area contributed by atoms with Gasteiger partial charge in [-0.25, -0.2) is 0 Å². The SMILES string of the molecule is Cc1cc(OCC(=O)N(CCCO)C(C)C)ccc1Cl. The van der Waals surface area contributed by atoms with Crippen molar-refractivity contribution in [1.82, 2.24) is 4.90 Å². The van der Waals surface area contributed by atoms with E-state index in [9.17, 15) is 4.79 Å². The summed E-state index contributed by atoms with van der Waals surface area (Å²) < 4.78 is 5.50. The molecule has 0 bridgehead atoms. The largest absolute Gasteiger partial charge is 0.484 e. The molecule has 0 unspecified atom stereocenters. The highest BCUT2D eigenvalue weighted by molar-refractivity contribution is 6.31. The van der Waals surface area contributed by atoms with Crippen LogP contribution in [0.2, 0.25) is 5.02 Å². The van der Waals surface area contributed by atoms with Crippen LogP contribution in [0.3, 0.4) is 0 Å². The molecule has 0 spiro atoms. The number of rotatable bonds is 7. The van der Waals surface area contributed by atoms with Gasteiger partial charge in [0.2, 0.25) is 0 Å². The molecule has 0 atom stereocenters. The highest BCUT2D eigenvalue weighted by Gasteiger charge is 2.17. The van der Waals surface area contributed by atoms with Gasteiger partial charge in [-0.2, -0.15) is 0 Å². The molecule has 0 saturated heterocycles. The van der Waals surface area contributed by atoms with E-state index in [1.165, 1.54) is 0 Å². The molecule has 0 aromatic heterocycles. The summed E-state index contributed by atoms with van der Waals surface area (Å²) in [7, 11) is 0. The normalized spacial score (nSPS) is 10.7. The molecule has 1 rings (SSSR count). The molecule has 0 radical (unpaired) electrons. The number of aryl methyl sites for hydroxylation is 1. The van der Waals surface area contributed by atoms with Crippen LogP contribution in [-0.4, -0.2) is 41.7 Å². The third-order valence-electron chi connectivity index (χ3n) is 2.99. The number of halogens is 1. The maximum atomic E-state index is 12.1. The number of nitrogens with zero attached hydrogens (tertiary/aromatic N) is 1. The molecule has 1 amide bonds. The van der Waals surface area contributed by atoms with Gasteiger partial charge in [-0.05, 0) is 51.0 Å². The lowest BCUT2D eigenvalue weighted by Crippen LogP contribution is -2.40. The maximum Gasteiger partial charge on any atom is 0.260 e. The number of benzene rings is 1. The van der Waals surface area contributed by atoms with Crippen molar-refractivity contribution < 1.29 is 14.6 Å². The Balaban J connectivity index is 2.57. The van der Waals surface area contributed by atoms with Gasteiger partial charge in [0, 0.05) is 24.2 Å².